The van der Waals surface area contributed by atoms with Crippen LogP contribution in [0, 0.1) is 6.92 Å². The molecule has 0 bridgehead atoms. The summed E-state index contributed by atoms with van der Waals surface area (Å²) < 4.78 is 5.49. The Morgan fingerprint density at radius 1 is 1.12 bits per heavy atom. The van der Waals surface area contributed by atoms with Crippen LogP contribution < -0.4 is 9.64 Å². The summed E-state index contributed by atoms with van der Waals surface area (Å²) in [6.07, 6.45) is 1.65. The van der Waals surface area contributed by atoms with Gasteiger partial charge in [0.25, 0.3) is 5.91 Å². The number of para-hydroxylation sites is 1. The van der Waals surface area contributed by atoms with E-state index in [0.29, 0.717) is 31.1 Å². The number of anilines is 1. The number of rotatable bonds is 4. The highest BCUT2D eigenvalue weighted by atomic mass is 16.5. The first kappa shape index (κ1) is 16.3. The number of hydrogen-bond donors (Lipinski definition) is 0. The van der Waals surface area contributed by atoms with Crippen molar-refractivity contribution >= 4 is 11.6 Å². The highest BCUT2D eigenvalue weighted by molar-refractivity contribution is 5.96. The second kappa shape index (κ2) is 7.34. The molecule has 2 heterocycles. The average Bonchev–Trinajstić information content (AvgIpc) is 2.63. The van der Waals surface area contributed by atoms with Crippen LogP contribution in [0.15, 0.2) is 42.6 Å². The number of piperazine rings is 1. The van der Waals surface area contributed by atoms with Crippen LogP contribution in [0.3, 0.4) is 0 Å². The zero-order chi connectivity index (χ0) is 16.9. The van der Waals surface area contributed by atoms with Crippen molar-refractivity contribution in [2.75, 3.05) is 37.7 Å². The SMILES string of the molecule is CCOc1ncccc1C(=O)N1CCN(c2ccccc2C)CC1. The molecule has 126 valence electrons. The van der Waals surface area contributed by atoms with Crippen LogP contribution in [-0.2, 0) is 0 Å². The van der Waals surface area contributed by atoms with Gasteiger partial charge in [-0.2, -0.15) is 0 Å². The monoisotopic (exact) mass is 325 g/mol. The van der Waals surface area contributed by atoms with Crippen molar-refractivity contribution in [2.45, 2.75) is 13.8 Å². The van der Waals surface area contributed by atoms with E-state index in [1.54, 1.807) is 18.3 Å². The van der Waals surface area contributed by atoms with Crippen molar-refractivity contribution in [1.29, 1.82) is 0 Å². The average molecular weight is 325 g/mol. The van der Waals surface area contributed by atoms with E-state index in [1.807, 2.05) is 11.8 Å². The van der Waals surface area contributed by atoms with Gasteiger partial charge in [0.05, 0.1) is 6.61 Å². The summed E-state index contributed by atoms with van der Waals surface area (Å²) in [6.45, 7) is 7.59. The molecule has 1 saturated heterocycles. The molecule has 2 aromatic rings. The molecule has 0 N–H and O–H groups in total. The highest BCUT2D eigenvalue weighted by Crippen LogP contribution is 2.22. The van der Waals surface area contributed by atoms with Crippen molar-refractivity contribution < 1.29 is 9.53 Å². The molecule has 5 nitrogen and oxygen atoms in total. The second-order valence-corrected chi connectivity index (χ2v) is 5.85. The van der Waals surface area contributed by atoms with Gasteiger partial charge in [0.1, 0.15) is 5.56 Å². The lowest BCUT2D eigenvalue weighted by molar-refractivity contribution is 0.0741. The molecule has 24 heavy (non-hydrogen) atoms. The Labute approximate surface area is 142 Å². The molecule has 1 aromatic heterocycles. The zero-order valence-electron chi connectivity index (χ0n) is 14.2. The Morgan fingerprint density at radius 3 is 2.58 bits per heavy atom. The van der Waals surface area contributed by atoms with Crippen molar-refractivity contribution in [1.82, 2.24) is 9.88 Å². The van der Waals surface area contributed by atoms with Crippen LogP contribution >= 0.6 is 0 Å². The largest absolute Gasteiger partial charge is 0.477 e. The van der Waals surface area contributed by atoms with E-state index in [2.05, 4.69) is 41.1 Å². The van der Waals surface area contributed by atoms with E-state index in [4.69, 9.17) is 4.74 Å². The van der Waals surface area contributed by atoms with Crippen LogP contribution in [0.2, 0.25) is 0 Å². The minimum Gasteiger partial charge on any atom is -0.477 e. The van der Waals surface area contributed by atoms with E-state index >= 15 is 0 Å². The molecule has 0 unspecified atom stereocenters. The van der Waals surface area contributed by atoms with Crippen molar-refractivity contribution in [3.05, 3.63) is 53.7 Å². The highest BCUT2D eigenvalue weighted by Gasteiger charge is 2.25. The standard InChI is InChI=1S/C19H23N3O2/c1-3-24-18-16(8-6-10-20-18)19(23)22-13-11-21(12-14-22)17-9-5-4-7-15(17)2/h4-10H,3,11-14H2,1-2H3. The van der Waals surface area contributed by atoms with E-state index in [-0.39, 0.29) is 5.91 Å². The molecule has 0 radical (unpaired) electrons. The third-order valence-electron chi connectivity index (χ3n) is 4.31. The number of aromatic nitrogens is 1. The summed E-state index contributed by atoms with van der Waals surface area (Å²) in [5, 5.41) is 0. The van der Waals surface area contributed by atoms with Gasteiger partial charge in [-0.05, 0) is 37.6 Å². The summed E-state index contributed by atoms with van der Waals surface area (Å²) in [6, 6.07) is 11.9. The smallest absolute Gasteiger partial charge is 0.259 e. The lowest BCUT2D eigenvalue weighted by atomic mass is 10.1. The number of benzene rings is 1. The molecule has 1 amide bonds. The van der Waals surface area contributed by atoms with Crippen LogP contribution in [-0.4, -0.2) is 48.6 Å². The van der Waals surface area contributed by atoms with Crippen molar-refractivity contribution in [3.63, 3.8) is 0 Å². The molecule has 0 spiro atoms. The molecule has 1 aromatic carbocycles. The Kier molecular flexibility index (Phi) is 4.99. The Bertz CT molecular complexity index is 709. The molecule has 1 fully saturated rings. The number of aryl methyl sites for hydroxylation is 1. The fourth-order valence-electron chi connectivity index (χ4n) is 3.04. The second-order valence-electron chi connectivity index (χ2n) is 5.85. The topological polar surface area (TPSA) is 45.7 Å². The maximum atomic E-state index is 12.8. The number of carbonyl (C=O) groups excluding carboxylic acids is 1. The van der Waals surface area contributed by atoms with E-state index in [0.717, 1.165) is 13.1 Å². The maximum Gasteiger partial charge on any atom is 0.259 e. The normalized spacial score (nSPS) is 14.6. The van der Waals surface area contributed by atoms with Gasteiger partial charge in [0.15, 0.2) is 0 Å². The van der Waals surface area contributed by atoms with Gasteiger partial charge in [0.2, 0.25) is 5.88 Å². The van der Waals surface area contributed by atoms with Gasteiger partial charge in [-0.1, -0.05) is 18.2 Å². The van der Waals surface area contributed by atoms with E-state index in [1.165, 1.54) is 11.3 Å². The van der Waals surface area contributed by atoms with Crippen LogP contribution in [0.4, 0.5) is 5.69 Å². The fraction of sp³-hybridized carbons (Fsp3) is 0.368. The molecule has 3 rings (SSSR count). The number of carbonyl (C=O) groups is 1. The molecule has 0 aliphatic carbocycles. The Hall–Kier alpha value is -2.56. The summed E-state index contributed by atoms with van der Waals surface area (Å²) >= 11 is 0. The molecule has 0 atom stereocenters. The third-order valence-corrected chi connectivity index (χ3v) is 4.31. The number of pyridine rings is 1. The van der Waals surface area contributed by atoms with Crippen LogP contribution in [0.1, 0.15) is 22.8 Å². The summed E-state index contributed by atoms with van der Waals surface area (Å²) in [7, 11) is 0. The molecular formula is C19H23N3O2. The lowest BCUT2D eigenvalue weighted by Crippen LogP contribution is -2.49. The van der Waals surface area contributed by atoms with Crippen LogP contribution in [0.5, 0.6) is 5.88 Å². The molecule has 0 saturated carbocycles. The van der Waals surface area contributed by atoms with Gasteiger partial charge in [0, 0.05) is 38.1 Å². The zero-order valence-corrected chi connectivity index (χ0v) is 14.2. The Balaban J connectivity index is 1.69. The summed E-state index contributed by atoms with van der Waals surface area (Å²) in [5.74, 6) is 0.419. The predicted octanol–water partition coefficient (Wildman–Crippen LogP) is 2.75. The maximum absolute atomic E-state index is 12.8. The first-order chi connectivity index (χ1) is 11.7. The Morgan fingerprint density at radius 2 is 1.88 bits per heavy atom. The predicted molar refractivity (Wildman–Crippen MR) is 94.7 cm³/mol. The van der Waals surface area contributed by atoms with Crippen molar-refractivity contribution in [2.24, 2.45) is 0 Å². The first-order valence-electron chi connectivity index (χ1n) is 8.38. The fourth-order valence-corrected chi connectivity index (χ4v) is 3.04. The van der Waals surface area contributed by atoms with E-state index < -0.39 is 0 Å². The van der Waals surface area contributed by atoms with Gasteiger partial charge in [-0.25, -0.2) is 4.98 Å². The van der Waals surface area contributed by atoms with Gasteiger partial charge in [-0.3, -0.25) is 4.79 Å². The van der Waals surface area contributed by atoms with Gasteiger partial charge >= 0.3 is 0 Å². The molecule has 5 heteroatoms. The van der Waals surface area contributed by atoms with Gasteiger partial charge < -0.3 is 14.5 Å². The number of hydrogen-bond acceptors (Lipinski definition) is 4. The minimum absolute atomic E-state index is 0.00372. The number of ether oxygens (including phenoxy) is 1. The number of nitrogens with zero attached hydrogens (tertiary/aromatic N) is 3. The summed E-state index contributed by atoms with van der Waals surface area (Å²) in [5.41, 5.74) is 3.06. The third kappa shape index (κ3) is 3.35. The molecule has 1 aliphatic rings. The number of amides is 1. The van der Waals surface area contributed by atoms with Crippen molar-refractivity contribution in [3.8, 4) is 5.88 Å². The first-order valence-corrected chi connectivity index (χ1v) is 8.38. The summed E-state index contributed by atoms with van der Waals surface area (Å²) in [4.78, 5) is 21.2. The molecule has 1 aliphatic heterocycles. The van der Waals surface area contributed by atoms with E-state index in [9.17, 15) is 4.79 Å². The lowest BCUT2D eigenvalue weighted by Gasteiger charge is -2.36. The minimum atomic E-state index is -0.00372. The van der Waals surface area contributed by atoms with Crippen LogP contribution in [0.25, 0.3) is 0 Å². The van der Waals surface area contributed by atoms with Gasteiger partial charge in [-0.15, -0.1) is 0 Å². The quantitative estimate of drug-likeness (QED) is 0.867. The molecular weight excluding hydrogens is 302 g/mol.